The van der Waals surface area contributed by atoms with Crippen molar-refractivity contribution in [3.63, 3.8) is 0 Å². The van der Waals surface area contributed by atoms with Crippen molar-refractivity contribution in [1.29, 1.82) is 0 Å². The Bertz CT molecular complexity index is 1250. The quantitative estimate of drug-likeness (QED) is 0.572. The topological polar surface area (TPSA) is 75.6 Å². The van der Waals surface area contributed by atoms with Crippen molar-refractivity contribution in [3.8, 4) is 0 Å². The Labute approximate surface area is 220 Å². The summed E-state index contributed by atoms with van der Waals surface area (Å²) in [5.41, 5.74) is 0.693. The summed E-state index contributed by atoms with van der Waals surface area (Å²) in [5, 5.41) is 6.31. The molecule has 10 heteroatoms. The average Bonchev–Trinajstić information content (AvgIpc) is 2.81. The van der Waals surface area contributed by atoms with E-state index in [4.69, 9.17) is 4.74 Å². The zero-order valence-corrected chi connectivity index (χ0v) is 22.0. The van der Waals surface area contributed by atoms with Crippen LogP contribution in [0, 0.1) is 12.3 Å². The number of nitrogens with one attached hydrogen (secondary N) is 2. The van der Waals surface area contributed by atoms with Crippen molar-refractivity contribution >= 4 is 11.6 Å². The van der Waals surface area contributed by atoms with Crippen LogP contribution in [0.1, 0.15) is 71.7 Å². The molecule has 1 aliphatic carbocycles. The predicted octanol–water partition coefficient (Wildman–Crippen LogP) is 4.52. The van der Waals surface area contributed by atoms with E-state index in [2.05, 4.69) is 22.6 Å². The number of halogens is 3. The van der Waals surface area contributed by atoms with E-state index in [0.29, 0.717) is 48.3 Å². The number of anilines is 1. The summed E-state index contributed by atoms with van der Waals surface area (Å²) < 4.78 is 47.4. The Kier molecular flexibility index (Phi) is 7.06. The van der Waals surface area contributed by atoms with E-state index >= 15 is 0 Å². The third kappa shape index (κ3) is 5.20. The van der Waals surface area contributed by atoms with Gasteiger partial charge in [-0.2, -0.15) is 13.2 Å². The molecule has 5 rings (SSSR count). The number of hydrogen-bond donors (Lipinski definition) is 2. The minimum atomic E-state index is -4.48. The Morgan fingerprint density at radius 2 is 1.87 bits per heavy atom. The summed E-state index contributed by atoms with van der Waals surface area (Å²) in [7, 11) is 2.09. The number of alkyl halides is 3. The van der Waals surface area contributed by atoms with Crippen LogP contribution in [0.2, 0.25) is 0 Å². The number of aromatic nitrogens is 1. The first-order chi connectivity index (χ1) is 18.0. The van der Waals surface area contributed by atoms with Gasteiger partial charge in [0.15, 0.2) is 0 Å². The number of pyridine rings is 1. The molecule has 2 aliphatic heterocycles. The highest BCUT2D eigenvalue weighted by atomic mass is 19.4. The third-order valence-corrected chi connectivity index (χ3v) is 8.33. The Balaban J connectivity index is 1.41. The number of carbonyl (C=O) groups is 1. The molecule has 1 atom stereocenters. The van der Waals surface area contributed by atoms with E-state index in [1.165, 1.54) is 19.1 Å². The van der Waals surface area contributed by atoms with Gasteiger partial charge in [-0.15, -0.1) is 0 Å². The second kappa shape index (κ2) is 10.0. The van der Waals surface area contributed by atoms with E-state index in [9.17, 15) is 22.8 Å². The van der Waals surface area contributed by atoms with Crippen LogP contribution >= 0.6 is 0 Å². The lowest BCUT2D eigenvalue weighted by Gasteiger charge is -2.58. The molecule has 7 nitrogen and oxygen atoms in total. The van der Waals surface area contributed by atoms with Gasteiger partial charge in [0.1, 0.15) is 0 Å². The number of benzene rings is 1. The van der Waals surface area contributed by atoms with Gasteiger partial charge in [-0.3, -0.25) is 9.59 Å². The number of rotatable bonds is 6. The van der Waals surface area contributed by atoms with Crippen LogP contribution in [0.25, 0.3) is 0 Å². The monoisotopic (exact) mass is 532 g/mol. The minimum absolute atomic E-state index is 0.0718. The van der Waals surface area contributed by atoms with Crippen LogP contribution in [0.15, 0.2) is 35.3 Å². The van der Waals surface area contributed by atoms with Crippen molar-refractivity contribution in [2.24, 2.45) is 5.41 Å². The maximum absolute atomic E-state index is 13.6. The average molecular weight is 533 g/mol. The van der Waals surface area contributed by atoms with Crippen LogP contribution < -0.4 is 16.2 Å². The fourth-order valence-corrected chi connectivity index (χ4v) is 6.54. The highest BCUT2D eigenvalue weighted by molar-refractivity contribution is 5.99. The largest absolute Gasteiger partial charge is 0.416 e. The van der Waals surface area contributed by atoms with Gasteiger partial charge >= 0.3 is 6.18 Å². The number of amides is 1. The summed E-state index contributed by atoms with van der Waals surface area (Å²) in [6.07, 6.45) is 0.420. The van der Waals surface area contributed by atoms with Crippen molar-refractivity contribution in [3.05, 3.63) is 63.1 Å². The van der Waals surface area contributed by atoms with Crippen LogP contribution in [0.5, 0.6) is 0 Å². The molecule has 2 aromatic rings. The number of carbonyl (C=O) groups excluding carboxylic acids is 1. The Morgan fingerprint density at radius 1 is 1.18 bits per heavy atom. The summed E-state index contributed by atoms with van der Waals surface area (Å²) in [6, 6.07) is 4.91. The van der Waals surface area contributed by atoms with Gasteiger partial charge < -0.3 is 24.8 Å². The number of ether oxygens (including phenoxy) is 1. The molecule has 1 spiro atoms. The molecule has 1 aromatic carbocycles. The number of likely N-dealkylation sites (tertiary alicyclic amines) is 1. The lowest BCUT2D eigenvalue weighted by molar-refractivity contribution is -0.138. The number of hydrogen-bond acceptors (Lipinski definition) is 5. The Hall–Kier alpha value is -2.85. The first-order valence-electron chi connectivity index (χ1n) is 13.2. The molecular weight excluding hydrogens is 497 g/mol. The van der Waals surface area contributed by atoms with E-state index in [-0.39, 0.29) is 23.2 Å². The summed E-state index contributed by atoms with van der Waals surface area (Å²) in [6.45, 7) is 6.29. The lowest BCUT2D eigenvalue weighted by Crippen LogP contribution is -2.63. The number of nitrogens with zero attached hydrogens (tertiary/aromatic N) is 2. The molecule has 0 unspecified atom stereocenters. The summed E-state index contributed by atoms with van der Waals surface area (Å²) >= 11 is 0. The molecule has 0 radical (unpaired) electrons. The molecule has 2 saturated heterocycles. The molecule has 3 aliphatic rings. The molecular formula is C28H35F3N4O3. The first-order valence-corrected chi connectivity index (χ1v) is 13.2. The molecule has 1 saturated carbocycles. The van der Waals surface area contributed by atoms with Gasteiger partial charge in [0.05, 0.1) is 22.9 Å². The van der Waals surface area contributed by atoms with Crippen molar-refractivity contribution < 1.29 is 22.7 Å². The SMILES string of the molecule is Cc1c([C@@H](C)NC(=O)c2cn(C3CCOCC3)c(=O)cc2NC2CC3(C2)CN(C)C3)cccc1C(F)(F)F. The molecule has 2 N–H and O–H groups in total. The van der Waals surface area contributed by atoms with Gasteiger partial charge in [0.25, 0.3) is 11.5 Å². The lowest BCUT2D eigenvalue weighted by atomic mass is 9.61. The van der Waals surface area contributed by atoms with Crippen LogP contribution in [-0.2, 0) is 10.9 Å². The van der Waals surface area contributed by atoms with Gasteiger partial charge in [-0.05, 0) is 69.2 Å². The zero-order valence-electron chi connectivity index (χ0n) is 22.0. The third-order valence-electron chi connectivity index (χ3n) is 8.33. The van der Waals surface area contributed by atoms with Crippen molar-refractivity contribution in [1.82, 2.24) is 14.8 Å². The molecule has 38 heavy (non-hydrogen) atoms. The highest BCUT2D eigenvalue weighted by Gasteiger charge is 2.51. The molecule has 3 fully saturated rings. The van der Waals surface area contributed by atoms with Gasteiger partial charge in [0.2, 0.25) is 0 Å². The Morgan fingerprint density at radius 3 is 2.50 bits per heavy atom. The van der Waals surface area contributed by atoms with Crippen LogP contribution in [-0.4, -0.2) is 54.8 Å². The zero-order chi connectivity index (χ0) is 27.2. The van der Waals surface area contributed by atoms with Gasteiger partial charge in [-0.25, -0.2) is 0 Å². The molecule has 3 heterocycles. The van der Waals surface area contributed by atoms with Crippen LogP contribution in [0.3, 0.4) is 0 Å². The van der Waals surface area contributed by atoms with Crippen LogP contribution in [0.4, 0.5) is 18.9 Å². The van der Waals surface area contributed by atoms with Gasteiger partial charge in [0, 0.05) is 50.7 Å². The molecule has 206 valence electrons. The molecule has 0 bridgehead atoms. The second-order valence-electron chi connectivity index (χ2n) is 11.3. The maximum atomic E-state index is 13.6. The van der Waals surface area contributed by atoms with Crippen molar-refractivity contribution in [2.75, 3.05) is 38.7 Å². The fraction of sp³-hybridized carbons (Fsp3) is 0.571. The van der Waals surface area contributed by atoms with E-state index in [0.717, 1.165) is 32.0 Å². The van der Waals surface area contributed by atoms with E-state index in [1.54, 1.807) is 23.8 Å². The fourth-order valence-electron chi connectivity index (χ4n) is 6.54. The standard InChI is InChI=1S/C28H35F3N4O3/c1-17-21(5-4-6-23(17)28(29,30)31)18(2)32-26(37)22-14-35(20-7-9-38-10-8-20)25(36)11-24(22)33-19-12-27(13-19)15-34(3)16-27/h4-6,11,14,18-20,33H,7-10,12-13,15-16H2,1-3H3,(H,32,37)/t18-/m1/s1. The molecule has 1 aromatic heterocycles. The smallest absolute Gasteiger partial charge is 0.381 e. The highest BCUT2D eigenvalue weighted by Crippen LogP contribution is 2.48. The summed E-state index contributed by atoms with van der Waals surface area (Å²) in [5.74, 6) is -0.435. The maximum Gasteiger partial charge on any atom is 0.416 e. The second-order valence-corrected chi connectivity index (χ2v) is 11.3. The normalized spacial score (nSPS) is 21.0. The van der Waals surface area contributed by atoms with Crippen molar-refractivity contribution in [2.45, 2.75) is 63.8 Å². The van der Waals surface area contributed by atoms with E-state index in [1.807, 2.05) is 0 Å². The van der Waals surface area contributed by atoms with E-state index < -0.39 is 23.7 Å². The minimum Gasteiger partial charge on any atom is -0.381 e. The van der Waals surface area contributed by atoms with Gasteiger partial charge in [-0.1, -0.05) is 12.1 Å². The predicted molar refractivity (Wildman–Crippen MR) is 138 cm³/mol. The first kappa shape index (κ1) is 26.7. The molecule has 1 amide bonds. The summed E-state index contributed by atoms with van der Waals surface area (Å²) in [4.78, 5) is 29.0.